The smallest absolute Gasteiger partial charge is 0.0519 e. The van der Waals surface area contributed by atoms with Crippen molar-refractivity contribution in [2.24, 2.45) is 5.41 Å². The number of rotatable bonds is 18. The van der Waals surface area contributed by atoms with Crippen LogP contribution in [0.1, 0.15) is 147 Å². The molecule has 0 amide bonds. The number of hydrogen-bond donors (Lipinski definition) is 2. The Morgan fingerprint density at radius 3 is 1.39 bits per heavy atom. The zero-order valence-corrected chi connectivity index (χ0v) is 28.4. The Morgan fingerprint density at radius 1 is 0.545 bits per heavy atom. The molecular formula is C40H64N4. The van der Waals surface area contributed by atoms with Crippen LogP contribution in [0.3, 0.4) is 0 Å². The van der Waals surface area contributed by atoms with Gasteiger partial charge in [0, 0.05) is 30.6 Å². The van der Waals surface area contributed by atoms with Gasteiger partial charge in [-0.25, -0.2) is 10.9 Å². The zero-order valence-electron chi connectivity index (χ0n) is 28.4. The number of nitrogens with zero attached hydrogens (tertiary/aromatic N) is 2. The highest BCUT2D eigenvalue weighted by Crippen LogP contribution is 2.47. The summed E-state index contributed by atoms with van der Waals surface area (Å²) in [4.78, 5) is 0. The number of unbranched alkanes of at least 4 members (excludes halogenated alkanes) is 10. The van der Waals surface area contributed by atoms with Gasteiger partial charge in [-0.05, 0) is 86.8 Å². The molecule has 3 fully saturated rings. The van der Waals surface area contributed by atoms with Gasteiger partial charge in [0.25, 0.3) is 0 Å². The second-order valence-corrected chi connectivity index (χ2v) is 14.4. The lowest BCUT2D eigenvalue weighted by atomic mass is 9.63. The molecule has 2 aromatic carbocycles. The number of nitrogens with one attached hydrogen (secondary N) is 2. The summed E-state index contributed by atoms with van der Waals surface area (Å²) in [5.41, 5.74) is 14.1. The molecule has 2 N–H and O–H groups in total. The van der Waals surface area contributed by atoms with Gasteiger partial charge in [-0.3, -0.25) is 0 Å². The topological polar surface area (TPSA) is 30.5 Å². The maximum Gasteiger partial charge on any atom is 0.0519 e. The first-order chi connectivity index (χ1) is 21.7. The van der Waals surface area contributed by atoms with Crippen LogP contribution < -0.4 is 20.9 Å². The van der Waals surface area contributed by atoms with Crippen molar-refractivity contribution >= 4 is 11.4 Å². The number of hydrazine groups is 2. The maximum atomic E-state index is 4.06. The number of anilines is 2. The third kappa shape index (κ3) is 9.03. The summed E-state index contributed by atoms with van der Waals surface area (Å²) >= 11 is 0. The maximum absolute atomic E-state index is 4.06. The van der Waals surface area contributed by atoms with Gasteiger partial charge in [0.15, 0.2) is 0 Å². The van der Waals surface area contributed by atoms with Gasteiger partial charge in [-0.1, -0.05) is 122 Å². The van der Waals surface area contributed by atoms with Gasteiger partial charge in [-0.15, -0.1) is 0 Å². The van der Waals surface area contributed by atoms with Crippen LogP contribution in [-0.2, 0) is 12.8 Å². The molecule has 3 aliphatic rings. The highest BCUT2D eigenvalue weighted by atomic mass is 15.6. The van der Waals surface area contributed by atoms with E-state index in [1.54, 1.807) is 0 Å². The van der Waals surface area contributed by atoms with Crippen LogP contribution in [0.4, 0.5) is 11.4 Å². The normalized spacial score (nSPS) is 21.8. The molecular weight excluding hydrogens is 536 g/mol. The molecule has 1 aliphatic carbocycles. The van der Waals surface area contributed by atoms with Crippen LogP contribution in [0.15, 0.2) is 48.5 Å². The molecule has 1 saturated carbocycles. The Labute approximate surface area is 270 Å². The molecule has 244 valence electrons. The zero-order chi connectivity index (χ0) is 30.5. The monoisotopic (exact) mass is 601 g/mol. The second-order valence-electron chi connectivity index (χ2n) is 14.4. The molecule has 2 aliphatic heterocycles. The third-order valence-corrected chi connectivity index (χ3v) is 11.2. The first kappa shape index (κ1) is 33.3. The Balaban J connectivity index is 1.12. The second kappa shape index (κ2) is 17.6. The quantitative estimate of drug-likeness (QED) is 0.167. The van der Waals surface area contributed by atoms with E-state index in [9.17, 15) is 0 Å². The van der Waals surface area contributed by atoms with E-state index >= 15 is 0 Å². The van der Waals surface area contributed by atoms with Crippen molar-refractivity contribution in [2.75, 3.05) is 23.1 Å². The fraction of sp³-hybridized carbons (Fsp3) is 0.700. The van der Waals surface area contributed by atoms with E-state index < -0.39 is 0 Å². The van der Waals surface area contributed by atoms with Crippen molar-refractivity contribution in [1.29, 1.82) is 0 Å². The van der Waals surface area contributed by atoms with E-state index in [2.05, 4.69) is 83.2 Å². The number of hydrogen-bond acceptors (Lipinski definition) is 4. The average Bonchev–Trinajstić information content (AvgIpc) is 3.77. The number of aryl methyl sites for hydroxylation is 2. The molecule has 2 aromatic rings. The van der Waals surface area contributed by atoms with Gasteiger partial charge >= 0.3 is 0 Å². The van der Waals surface area contributed by atoms with E-state index in [1.165, 1.54) is 157 Å². The minimum Gasteiger partial charge on any atom is -0.308 e. The molecule has 5 rings (SSSR count). The molecule has 4 heteroatoms. The summed E-state index contributed by atoms with van der Waals surface area (Å²) in [5, 5.41) is 4.93. The molecule has 4 nitrogen and oxygen atoms in total. The molecule has 2 heterocycles. The summed E-state index contributed by atoms with van der Waals surface area (Å²) in [7, 11) is 0. The molecule has 2 saturated heterocycles. The average molecular weight is 601 g/mol. The predicted octanol–water partition coefficient (Wildman–Crippen LogP) is 10.3. The van der Waals surface area contributed by atoms with Crippen molar-refractivity contribution in [1.82, 2.24) is 10.9 Å². The Kier molecular flexibility index (Phi) is 13.3. The van der Waals surface area contributed by atoms with Crippen LogP contribution >= 0.6 is 0 Å². The van der Waals surface area contributed by atoms with Crippen LogP contribution in [0.2, 0.25) is 0 Å². The van der Waals surface area contributed by atoms with E-state index in [0.29, 0.717) is 17.5 Å². The van der Waals surface area contributed by atoms with Gasteiger partial charge in [0.2, 0.25) is 0 Å². The highest BCUT2D eigenvalue weighted by molar-refractivity contribution is 5.49. The Bertz CT molecular complexity index is 978. The summed E-state index contributed by atoms with van der Waals surface area (Å²) < 4.78 is 0. The minimum absolute atomic E-state index is 0.331. The molecule has 0 aromatic heterocycles. The summed E-state index contributed by atoms with van der Waals surface area (Å²) in [6.45, 7) is 6.81. The molecule has 0 radical (unpaired) electrons. The summed E-state index contributed by atoms with van der Waals surface area (Å²) in [6, 6.07) is 20.0. The van der Waals surface area contributed by atoms with Gasteiger partial charge in [0.05, 0.1) is 11.4 Å². The Hall–Kier alpha value is -2.04. The SMILES string of the molecule is CCCCCCCCc1ccc(N2CCC(C3(C4CCN(c5ccc(CCCCCCCC)cc5)N4)CCCCC3)N2)cc1. The molecule has 2 unspecified atom stereocenters. The van der Waals surface area contributed by atoms with Crippen molar-refractivity contribution in [3.8, 4) is 0 Å². The van der Waals surface area contributed by atoms with Gasteiger partial charge in [0.1, 0.15) is 0 Å². The summed E-state index contributed by atoms with van der Waals surface area (Å²) in [6.07, 6.45) is 28.2. The van der Waals surface area contributed by atoms with Gasteiger partial charge in [-0.2, -0.15) is 0 Å². The first-order valence-electron chi connectivity index (χ1n) is 19.0. The van der Waals surface area contributed by atoms with E-state index in [0.717, 1.165) is 13.1 Å². The van der Waals surface area contributed by atoms with E-state index in [4.69, 9.17) is 0 Å². The predicted molar refractivity (Wildman–Crippen MR) is 190 cm³/mol. The van der Waals surface area contributed by atoms with Crippen molar-refractivity contribution in [2.45, 2.75) is 161 Å². The largest absolute Gasteiger partial charge is 0.308 e. The fourth-order valence-corrected chi connectivity index (χ4v) is 8.44. The number of benzene rings is 2. The van der Waals surface area contributed by atoms with Crippen LogP contribution in [0.25, 0.3) is 0 Å². The third-order valence-electron chi connectivity index (χ3n) is 11.2. The minimum atomic E-state index is 0.331. The highest BCUT2D eigenvalue weighted by Gasteiger charge is 2.50. The lowest BCUT2D eigenvalue weighted by Gasteiger charge is -2.47. The van der Waals surface area contributed by atoms with Gasteiger partial charge < -0.3 is 10.0 Å². The summed E-state index contributed by atoms with van der Waals surface area (Å²) in [5.74, 6) is 0. The lowest BCUT2D eigenvalue weighted by molar-refractivity contribution is 0.0852. The molecule has 44 heavy (non-hydrogen) atoms. The van der Waals surface area contributed by atoms with Crippen molar-refractivity contribution < 1.29 is 0 Å². The molecule has 0 bridgehead atoms. The fourth-order valence-electron chi connectivity index (χ4n) is 8.44. The van der Waals surface area contributed by atoms with Crippen LogP contribution in [0, 0.1) is 5.41 Å². The Morgan fingerprint density at radius 2 is 0.955 bits per heavy atom. The lowest BCUT2D eigenvalue weighted by Crippen LogP contribution is -2.57. The molecule has 2 atom stereocenters. The first-order valence-corrected chi connectivity index (χ1v) is 19.0. The van der Waals surface area contributed by atoms with Crippen LogP contribution in [-0.4, -0.2) is 25.2 Å². The van der Waals surface area contributed by atoms with Crippen molar-refractivity contribution in [3.05, 3.63) is 59.7 Å². The standard InChI is InChI=1S/C40H64N4/c1-3-5-7-9-11-14-18-34-20-24-36(25-21-34)43-32-28-38(41-43)40(30-16-13-17-31-40)39-29-33-44(42-39)37-26-22-35(23-27-37)19-15-12-10-8-6-4-2/h20-27,38-39,41-42H,3-19,28-33H2,1-2H3. The van der Waals surface area contributed by atoms with E-state index in [-0.39, 0.29) is 0 Å². The molecule has 0 spiro atoms. The van der Waals surface area contributed by atoms with Crippen molar-refractivity contribution in [3.63, 3.8) is 0 Å². The van der Waals surface area contributed by atoms with E-state index in [1.807, 2.05) is 0 Å². The van der Waals surface area contributed by atoms with Crippen LogP contribution in [0.5, 0.6) is 0 Å².